The molecule has 0 fully saturated rings. The third-order valence-electron chi connectivity index (χ3n) is 3.67. The molecule has 0 saturated heterocycles. The summed E-state index contributed by atoms with van der Waals surface area (Å²) < 4.78 is 15.9. The van der Waals surface area contributed by atoms with Crippen LogP contribution in [0.5, 0.6) is 0 Å². The lowest BCUT2D eigenvalue weighted by atomic mass is 10.2. The van der Waals surface area contributed by atoms with Gasteiger partial charge >= 0.3 is 5.69 Å². The van der Waals surface area contributed by atoms with Gasteiger partial charge in [0.1, 0.15) is 10.8 Å². The van der Waals surface area contributed by atoms with Gasteiger partial charge in [-0.05, 0) is 29.8 Å². The van der Waals surface area contributed by atoms with Gasteiger partial charge in [-0.1, -0.05) is 42.1 Å². The molecule has 5 nitrogen and oxygen atoms in total. The molecule has 4 aromatic rings. The summed E-state index contributed by atoms with van der Waals surface area (Å²) in [7, 11) is 0. The summed E-state index contributed by atoms with van der Waals surface area (Å²) in [5.41, 5.74) is 1.26. The van der Waals surface area contributed by atoms with Gasteiger partial charge in [-0.3, -0.25) is 0 Å². The van der Waals surface area contributed by atoms with E-state index in [4.69, 9.17) is 0 Å². The topological polar surface area (TPSA) is 52.2 Å². The van der Waals surface area contributed by atoms with Crippen LogP contribution >= 0.6 is 11.8 Å². The lowest BCUT2D eigenvalue weighted by molar-refractivity contribution is 0.626. The molecule has 0 aliphatic heterocycles. The minimum absolute atomic E-state index is 0.220. The molecule has 0 amide bonds. The maximum atomic E-state index is 13.1. The molecular weight excluding hydrogens is 339 g/mol. The van der Waals surface area contributed by atoms with E-state index in [2.05, 4.69) is 10.1 Å². The fourth-order valence-electron chi connectivity index (χ4n) is 2.47. The molecule has 0 unspecified atom stereocenters. The molecule has 0 bridgehead atoms. The van der Waals surface area contributed by atoms with Gasteiger partial charge in [-0.25, -0.2) is 23.3 Å². The number of benzene rings is 2. The van der Waals surface area contributed by atoms with E-state index < -0.39 is 0 Å². The van der Waals surface area contributed by atoms with Crippen molar-refractivity contribution in [2.45, 2.75) is 16.5 Å². The van der Waals surface area contributed by atoms with Crippen molar-refractivity contribution in [2.75, 3.05) is 0 Å². The maximum Gasteiger partial charge on any atom is 0.350 e. The average Bonchev–Trinajstić information content (AvgIpc) is 2.95. The standard InChI is InChI=1S/C18H13FN4OS/c19-14-6-8-15(9-7-14)25-17-16-21-23(12-13-4-2-1-3-5-13)18(24)22(16)11-10-20-17/h1-11H,12H2. The molecule has 0 atom stereocenters. The number of rotatable bonds is 4. The van der Waals surface area contributed by atoms with Gasteiger partial charge < -0.3 is 0 Å². The number of hydrogen-bond donors (Lipinski definition) is 0. The molecule has 124 valence electrons. The molecule has 0 N–H and O–H groups in total. The molecule has 0 aliphatic rings. The fraction of sp³-hybridized carbons (Fsp3) is 0.0556. The smallest absolute Gasteiger partial charge is 0.246 e. The summed E-state index contributed by atoms with van der Waals surface area (Å²) in [5, 5.41) is 5.03. The van der Waals surface area contributed by atoms with E-state index in [1.807, 2.05) is 30.3 Å². The zero-order chi connectivity index (χ0) is 17.2. The Morgan fingerprint density at radius 3 is 2.56 bits per heavy atom. The second kappa shape index (κ2) is 6.52. The van der Waals surface area contributed by atoms with Crippen molar-refractivity contribution in [2.24, 2.45) is 0 Å². The molecule has 25 heavy (non-hydrogen) atoms. The van der Waals surface area contributed by atoms with E-state index in [9.17, 15) is 9.18 Å². The highest BCUT2D eigenvalue weighted by Gasteiger charge is 2.13. The van der Waals surface area contributed by atoms with Crippen LogP contribution in [0, 0.1) is 5.82 Å². The van der Waals surface area contributed by atoms with Crippen molar-refractivity contribution < 1.29 is 4.39 Å². The van der Waals surface area contributed by atoms with E-state index >= 15 is 0 Å². The van der Waals surface area contributed by atoms with E-state index in [0.717, 1.165) is 10.5 Å². The number of nitrogens with zero attached hydrogens (tertiary/aromatic N) is 4. The third-order valence-corrected chi connectivity index (χ3v) is 4.66. The van der Waals surface area contributed by atoms with Gasteiger partial charge in [0, 0.05) is 17.3 Å². The molecule has 0 spiro atoms. The number of hydrogen-bond acceptors (Lipinski definition) is 4. The van der Waals surface area contributed by atoms with Crippen LogP contribution in [0.3, 0.4) is 0 Å². The summed E-state index contributed by atoms with van der Waals surface area (Å²) in [6.45, 7) is 0.391. The van der Waals surface area contributed by atoms with E-state index in [0.29, 0.717) is 17.2 Å². The predicted molar refractivity (Wildman–Crippen MR) is 93.3 cm³/mol. The average molecular weight is 352 g/mol. The summed E-state index contributed by atoms with van der Waals surface area (Å²) in [6, 6.07) is 15.8. The first-order chi connectivity index (χ1) is 12.2. The third kappa shape index (κ3) is 3.18. The largest absolute Gasteiger partial charge is 0.350 e. The van der Waals surface area contributed by atoms with Crippen LogP contribution in [0.2, 0.25) is 0 Å². The summed E-state index contributed by atoms with van der Waals surface area (Å²) in [4.78, 5) is 17.7. The summed E-state index contributed by atoms with van der Waals surface area (Å²) >= 11 is 1.34. The number of halogens is 1. The Morgan fingerprint density at radius 2 is 1.80 bits per heavy atom. The van der Waals surface area contributed by atoms with Crippen LogP contribution in [0.25, 0.3) is 5.65 Å². The highest BCUT2D eigenvalue weighted by Crippen LogP contribution is 2.28. The summed E-state index contributed by atoms with van der Waals surface area (Å²) in [6.07, 6.45) is 3.16. The SMILES string of the molecule is O=c1n(Cc2ccccc2)nc2c(Sc3ccc(F)cc3)nccn12. The zero-order valence-electron chi connectivity index (χ0n) is 13.0. The Labute approximate surface area is 146 Å². The quantitative estimate of drug-likeness (QED) is 0.566. The molecule has 2 aromatic carbocycles. The molecule has 4 rings (SSSR count). The Bertz CT molecular complexity index is 1070. The Balaban J connectivity index is 1.73. The van der Waals surface area contributed by atoms with Crippen LogP contribution in [0.4, 0.5) is 4.39 Å². The molecule has 2 aromatic heterocycles. The van der Waals surface area contributed by atoms with Crippen molar-refractivity contribution in [3.63, 3.8) is 0 Å². The van der Waals surface area contributed by atoms with Crippen molar-refractivity contribution in [1.82, 2.24) is 19.2 Å². The van der Waals surface area contributed by atoms with E-state index in [-0.39, 0.29) is 11.5 Å². The van der Waals surface area contributed by atoms with Crippen LogP contribution in [-0.2, 0) is 6.54 Å². The molecule has 7 heteroatoms. The van der Waals surface area contributed by atoms with Crippen molar-refractivity contribution in [1.29, 1.82) is 0 Å². The summed E-state index contributed by atoms with van der Waals surface area (Å²) in [5.74, 6) is -0.293. The second-order valence-corrected chi connectivity index (χ2v) is 6.47. The predicted octanol–water partition coefficient (Wildman–Crippen LogP) is 3.23. The van der Waals surface area contributed by atoms with Crippen molar-refractivity contribution >= 4 is 17.4 Å². The Kier molecular flexibility index (Phi) is 4.07. The first-order valence-electron chi connectivity index (χ1n) is 7.62. The van der Waals surface area contributed by atoms with E-state index in [1.54, 1.807) is 24.5 Å². The molecule has 2 heterocycles. The van der Waals surface area contributed by atoms with Crippen molar-refractivity contribution in [3.8, 4) is 0 Å². The van der Waals surface area contributed by atoms with Gasteiger partial charge in [0.25, 0.3) is 0 Å². The second-order valence-electron chi connectivity index (χ2n) is 5.41. The highest BCUT2D eigenvalue weighted by molar-refractivity contribution is 7.99. The van der Waals surface area contributed by atoms with Crippen molar-refractivity contribution in [3.05, 3.63) is 88.9 Å². The Morgan fingerprint density at radius 1 is 1.04 bits per heavy atom. The molecular formula is C18H13FN4OS. The molecule has 0 radical (unpaired) electrons. The first-order valence-corrected chi connectivity index (χ1v) is 8.44. The van der Waals surface area contributed by atoms with Gasteiger partial charge in [0.2, 0.25) is 0 Å². The Hall–Kier alpha value is -2.93. The van der Waals surface area contributed by atoms with Gasteiger partial charge in [-0.15, -0.1) is 5.10 Å². The normalized spacial score (nSPS) is 11.1. The van der Waals surface area contributed by atoms with Crippen LogP contribution in [0.15, 0.2) is 81.7 Å². The lowest BCUT2D eigenvalue weighted by Crippen LogP contribution is -2.21. The number of aromatic nitrogens is 4. The minimum atomic E-state index is -0.293. The molecule has 0 aliphatic carbocycles. The highest BCUT2D eigenvalue weighted by atomic mass is 32.2. The van der Waals surface area contributed by atoms with E-state index in [1.165, 1.54) is 33.0 Å². The molecule has 0 saturated carbocycles. The zero-order valence-corrected chi connectivity index (χ0v) is 13.9. The van der Waals surface area contributed by atoms with Crippen LogP contribution in [-0.4, -0.2) is 19.2 Å². The van der Waals surface area contributed by atoms with Crippen LogP contribution in [0.1, 0.15) is 5.56 Å². The van der Waals surface area contributed by atoms with Gasteiger partial charge in [0.05, 0.1) is 6.54 Å². The fourth-order valence-corrected chi connectivity index (χ4v) is 3.31. The maximum absolute atomic E-state index is 13.1. The first kappa shape index (κ1) is 15.6. The van der Waals surface area contributed by atoms with Gasteiger partial charge in [-0.2, -0.15) is 0 Å². The minimum Gasteiger partial charge on any atom is -0.246 e. The van der Waals surface area contributed by atoms with Gasteiger partial charge in [0.15, 0.2) is 5.65 Å². The monoisotopic (exact) mass is 352 g/mol. The lowest BCUT2D eigenvalue weighted by Gasteiger charge is -2.01. The number of fused-ring (bicyclic) bond motifs is 1. The van der Waals surface area contributed by atoms with Crippen LogP contribution < -0.4 is 5.69 Å².